The number of benzene rings is 2. The molecule has 0 atom stereocenters. The van der Waals surface area contributed by atoms with E-state index in [0.29, 0.717) is 11.3 Å². The van der Waals surface area contributed by atoms with Gasteiger partial charge in [0.05, 0.1) is 11.4 Å². The van der Waals surface area contributed by atoms with Gasteiger partial charge in [0.25, 0.3) is 5.56 Å². The Balaban J connectivity index is 1.93. The molecule has 2 heterocycles. The summed E-state index contributed by atoms with van der Waals surface area (Å²) in [5.41, 5.74) is 1.36. The standard InChI is InChI=1S/C19H12BrN3O3/c20-12-4-3-5-13(9-12)23-18(25)15(17(24)22-19(23)26)8-11-10-21-16-7-2-1-6-14(11)16/h1-10,25H,(H,22,24,26)/b11-8+. The number of fused-ring (bicyclic) bond motifs is 1. The molecule has 1 aliphatic rings. The number of aromatic amines is 1. The lowest BCUT2D eigenvalue weighted by Crippen LogP contribution is -2.30. The van der Waals surface area contributed by atoms with Gasteiger partial charge in [0.2, 0.25) is 5.88 Å². The number of aromatic nitrogens is 2. The first kappa shape index (κ1) is 16.3. The zero-order valence-corrected chi connectivity index (χ0v) is 14.9. The summed E-state index contributed by atoms with van der Waals surface area (Å²) in [6, 6.07) is 14.3. The number of aliphatic imine (C=N–C) groups is 1. The van der Waals surface area contributed by atoms with Crippen LogP contribution < -0.4 is 11.2 Å². The Morgan fingerprint density at radius 3 is 2.73 bits per heavy atom. The van der Waals surface area contributed by atoms with E-state index in [0.717, 1.165) is 20.3 Å². The number of rotatable bonds is 2. The molecule has 0 amide bonds. The summed E-state index contributed by atoms with van der Waals surface area (Å²) in [5.74, 6) is -0.429. The topological polar surface area (TPSA) is 87.5 Å². The van der Waals surface area contributed by atoms with E-state index in [-0.39, 0.29) is 5.56 Å². The molecule has 1 aliphatic heterocycles. The average molecular weight is 410 g/mol. The van der Waals surface area contributed by atoms with E-state index in [1.54, 1.807) is 30.5 Å². The fourth-order valence-corrected chi connectivity index (χ4v) is 3.22. The van der Waals surface area contributed by atoms with Gasteiger partial charge in [-0.25, -0.2) is 9.36 Å². The fourth-order valence-electron chi connectivity index (χ4n) is 2.83. The van der Waals surface area contributed by atoms with Crippen LogP contribution in [0.5, 0.6) is 5.88 Å². The van der Waals surface area contributed by atoms with E-state index in [1.165, 1.54) is 6.08 Å². The van der Waals surface area contributed by atoms with Crippen molar-refractivity contribution in [1.82, 2.24) is 9.55 Å². The maximum absolute atomic E-state index is 12.3. The molecule has 6 nitrogen and oxygen atoms in total. The van der Waals surface area contributed by atoms with Crippen molar-refractivity contribution in [2.45, 2.75) is 0 Å². The lowest BCUT2D eigenvalue weighted by Gasteiger charge is -2.10. The van der Waals surface area contributed by atoms with Gasteiger partial charge in [0.1, 0.15) is 5.56 Å². The summed E-state index contributed by atoms with van der Waals surface area (Å²) >= 11 is 3.33. The summed E-state index contributed by atoms with van der Waals surface area (Å²) in [7, 11) is 0. The molecule has 0 saturated carbocycles. The molecule has 2 N–H and O–H groups in total. The van der Waals surface area contributed by atoms with Gasteiger partial charge in [-0.15, -0.1) is 0 Å². The summed E-state index contributed by atoms with van der Waals surface area (Å²) in [6.45, 7) is 0. The Kier molecular flexibility index (Phi) is 3.93. The van der Waals surface area contributed by atoms with Crippen LogP contribution >= 0.6 is 15.9 Å². The number of allylic oxidation sites excluding steroid dienone is 1. The molecule has 0 unspecified atom stereocenters. The quantitative estimate of drug-likeness (QED) is 0.680. The smallest absolute Gasteiger partial charge is 0.335 e. The third-order valence-corrected chi connectivity index (χ3v) is 4.54. The number of hydrogen-bond acceptors (Lipinski definition) is 4. The van der Waals surface area contributed by atoms with Crippen molar-refractivity contribution in [3.05, 3.63) is 85.0 Å². The fraction of sp³-hybridized carbons (Fsp3) is 0. The number of para-hydroxylation sites is 1. The number of nitrogens with one attached hydrogen (secondary N) is 1. The van der Waals surface area contributed by atoms with Gasteiger partial charge in [-0.1, -0.05) is 40.2 Å². The first-order valence-corrected chi connectivity index (χ1v) is 8.53. The van der Waals surface area contributed by atoms with Crippen LogP contribution in [0, 0.1) is 0 Å². The van der Waals surface area contributed by atoms with Gasteiger partial charge in [-0.2, -0.15) is 0 Å². The molecule has 2 aromatic carbocycles. The predicted molar refractivity (Wildman–Crippen MR) is 104 cm³/mol. The second-order valence-electron chi connectivity index (χ2n) is 5.69. The number of halogens is 1. The molecule has 0 radical (unpaired) electrons. The van der Waals surface area contributed by atoms with Crippen LogP contribution in [0.3, 0.4) is 0 Å². The Morgan fingerprint density at radius 2 is 1.92 bits per heavy atom. The van der Waals surface area contributed by atoms with Crippen molar-refractivity contribution in [3.63, 3.8) is 0 Å². The molecule has 1 aromatic heterocycles. The lowest BCUT2D eigenvalue weighted by molar-refractivity contribution is 0.429. The molecule has 7 heteroatoms. The average Bonchev–Trinajstić information content (AvgIpc) is 3.01. The Morgan fingerprint density at radius 1 is 1.12 bits per heavy atom. The van der Waals surface area contributed by atoms with Crippen LogP contribution in [-0.2, 0) is 0 Å². The second-order valence-corrected chi connectivity index (χ2v) is 6.60. The molecule has 0 fully saturated rings. The molecule has 3 aromatic rings. The molecule has 0 saturated heterocycles. The Bertz CT molecular complexity index is 1210. The van der Waals surface area contributed by atoms with Crippen LogP contribution in [0.2, 0.25) is 0 Å². The van der Waals surface area contributed by atoms with Gasteiger partial charge >= 0.3 is 5.69 Å². The first-order chi connectivity index (χ1) is 12.5. The highest BCUT2D eigenvalue weighted by Crippen LogP contribution is 2.32. The van der Waals surface area contributed by atoms with Gasteiger partial charge in [0.15, 0.2) is 0 Å². The van der Waals surface area contributed by atoms with E-state index >= 15 is 0 Å². The van der Waals surface area contributed by atoms with Crippen LogP contribution in [0.1, 0.15) is 11.1 Å². The van der Waals surface area contributed by atoms with Gasteiger partial charge in [-0.05, 0) is 30.3 Å². The number of nitrogens with zero attached hydrogens (tertiary/aromatic N) is 2. The highest BCUT2D eigenvalue weighted by Gasteiger charge is 2.17. The van der Waals surface area contributed by atoms with E-state index in [4.69, 9.17) is 0 Å². The first-order valence-electron chi connectivity index (χ1n) is 7.74. The van der Waals surface area contributed by atoms with Crippen molar-refractivity contribution in [3.8, 4) is 11.6 Å². The lowest BCUT2D eigenvalue weighted by atomic mass is 10.1. The molecular weight excluding hydrogens is 398 g/mol. The van der Waals surface area contributed by atoms with Gasteiger partial charge < -0.3 is 5.11 Å². The number of H-pyrrole nitrogens is 1. The monoisotopic (exact) mass is 409 g/mol. The minimum Gasteiger partial charge on any atom is -0.494 e. The Hall–Kier alpha value is -3.19. The molecule has 0 aliphatic carbocycles. The minimum atomic E-state index is -0.715. The van der Waals surface area contributed by atoms with E-state index in [1.807, 2.05) is 24.3 Å². The molecule has 26 heavy (non-hydrogen) atoms. The summed E-state index contributed by atoms with van der Waals surface area (Å²) in [6.07, 6.45) is 3.15. The predicted octanol–water partition coefficient (Wildman–Crippen LogP) is 3.25. The van der Waals surface area contributed by atoms with Crippen molar-refractivity contribution in [1.29, 1.82) is 0 Å². The second kappa shape index (κ2) is 6.27. The molecule has 0 spiro atoms. The van der Waals surface area contributed by atoms with Crippen LogP contribution in [0.4, 0.5) is 5.69 Å². The maximum Gasteiger partial charge on any atom is 0.335 e. The molecule has 4 rings (SSSR count). The number of aromatic hydroxyl groups is 1. The zero-order chi connectivity index (χ0) is 18.3. The van der Waals surface area contributed by atoms with E-state index in [9.17, 15) is 14.7 Å². The summed E-state index contributed by atoms with van der Waals surface area (Å²) in [5, 5.41) is 10.6. The van der Waals surface area contributed by atoms with Crippen molar-refractivity contribution in [2.75, 3.05) is 0 Å². The van der Waals surface area contributed by atoms with Crippen molar-refractivity contribution < 1.29 is 5.11 Å². The molecular formula is C19H12BrN3O3. The van der Waals surface area contributed by atoms with Crippen molar-refractivity contribution in [2.24, 2.45) is 4.99 Å². The van der Waals surface area contributed by atoms with Crippen LogP contribution in [0.15, 0.2) is 67.6 Å². The highest BCUT2D eigenvalue weighted by atomic mass is 79.9. The van der Waals surface area contributed by atoms with Crippen LogP contribution in [0.25, 0.3) is 17.3 Å². The molecule has 0 bridgehead atoms. The number of hydrogen-bond donors (Lipinski definition) is 2. The SMILES string of the molecule is O=c1[nH]c(=O)n(-c2cccc(Br)c2)c(O)c1/C=C1\C=Nc2ccccc21. The zero-order valence-electron chi connectivity index (χ0n) is 13.3. The van der Waals surface area contributed by atoms with Gasteiger partial charge in [-0.3, -0.25) is 14.8 Å². The minimum absolute atomic E-state index is 0.0114. The normalized spacial score (nSPS) is 14.0. The Labute approximate surface area is 155 Å². The summed E-state index contributed by atoms with van der Waals surface area (Å²) < 4.78 is 1.79. The third kappa shape index (κ3) is 2.72. The van der Waals surface area contributed by atoms with E-state index < -0.39 is 17.1 Å². The third-order valence-electron chi connectivity index (χ3n) is 4.04. The summed E-state index contributed by atoms with van der Waals surface area (Å²) in [4.78, 5) is 31.1. The van der Waals surface area contributed by atoms with Crippen LogP contribution in [-0.4, -0.2) is 20.9 Å². The molecule has 128 valence electrons. The van der Waals surface area contributed by atoms with E-state index in [2.05, 4.69) is 25.9 Å². The largest absolute Gasteiger partial charge is 0.494 e. The van der Waals surface area contributed by atoms with Gasteiger partial charge in [0, 0.05) is 21.8 Å². The maximum atomic E-state index is 12.3. The van der Waals surface area contributed by atoms with Crippen molar-refractivity contribution >= 4 is 39.5 Å². The highest BCUT2D eigenvalue weighted by molar-refractivity contribution is 9.10.